The molecular formula is C21H14F4N6O2S. The first kappa shape index (κ1) is 23.2. The zero-order chi connectivity index (χ0) is 24.1. The normalized spacial score (nSPS) is 11.3. The summed E-state index contributed by atoms with van der Waals surface area (Å²) < 4.78 is 56.5. The number of aromatic nitrogens is 5. The highest BCUT2D eigenvalue weighted by Crippen LogP contribution is 2.27. The lowest BCUT2D eigenvalue weighted by atomic mass is 10.2. The minimum atomic E-state index is -4.83. The fourth-order valence-corrected chi connectivity index (χ4v) is 3.64. The minimum absolute atomic E-state index is 0.0410. The maximum absolute atomic E-state index is 14.0. The second-order valence-corrected chi connectivity index (χ2v) is 7.53. The molecule has 2 aromatic carbocycles. The van der Waals surface area contributed by atoms with E-state index in [-0.39, 0.29) is 17.1 Å². The summed E-state index contributed by atoms with van der Waals surface area (Å²) in [6.45, 7) is 0. The van der Waals surface area contributed by atoms with Gasteiger partial charge in [-0.1, -0.05) is 29.1 Å². The first-order valence-electron chi connectivity index (χ1n) is 9.56. The lowest BCUT2D eigenvalue weighted by molar-refractivity contribution is -0.274. The number of thioether (sulfide) groups is 1. The molecule has 0 bridgehead atoms. The highest BCUT2D eigenvalue weighted by molar-refractivity contribution is 7.98. The van der Waals surface area contributed by atoms with Gasteiger partial charge in [-0.3, -0.25) is 4.79 Å². The maximum Gasteiger partial charge on any atom is 0.573 e. The highest BCUT2D eigenvalue weighted by atomic mass is 32.2. The number of rotatable bonds is 7. The number of hydrogen-bond acceptors (Lipinski definition) is 7. The zero-order valence-corrected chi connectivity index (χ0v) is 17.8. The summed E-state index contributed by atoms with van der Waals surface area (Å²) in [7, 11) is 0. The van der Waals surface area contributed by atoms with E-state index < -0.39 is 23.8 Å². The van der Waals surface area contributed by atoms with E-state index in [1.54, 1.807) is 24.5 Å². The van der Waals surface area contributed by atoms with E-state index in [0.29, 0.717) is 16.5 Å². The van der Waals surface area contributed by atoms with Crippen molar-refractivity contribution >= 4 is 23.4 Å². The van der Waals surface area contributed by atoms with Crippen LogP contribution in [-0.4, -0.2) is 37.2 Å². The zero-order valence-electron chi connectivity index (χ0n) is 17.0. The predicted octanol–water partition coefficient (Wildman–Crippen LogP) is 4.64. The Morgan fingerprint density at radius 3 is 2.41 bits per heavy atom. The monoisotopic (exact) mass is 490 g/mol. The Bertz CT molecular complexity index is 1280. The van der Waals surface area contributed by atoms with Crippen LogP contribution in [-0.2, 0) is 5.75 Å². The van der Waals surface area contributed by atoms with E-state index in [2.05, 4.69) is 30.3 Å². The van der Waals surface area contributed by atoms with Crippen LogP contribution in [0.5, 0.6) is 5.75 Å². The van der Waals surface area contributed by atoms with Crippen molar-refractivity contribution in [1.82, 2.24) is 25.0 Å². The summed E-state index contributed by atoms with van der Waals surface area (Å²) in [5.74, 6) is -1.62. The molecule has 8 nitrogen and oxygen atoms in total. The molecule has 0 aliphatic rings. The van der Waals surface area contributed by atoms with Crippen LogP contribution in [0.3, 0.4) is 0 Å². The molecule has 0 radical (unpaired) electrons. The molecule has 0 saturated heterocycles. The van der Waals surface area contributed by atoms with Gasteiger partial charge >= 0.3 is 6.36 Å². The molecule has 2 heterocycles. The molecular weight excluding hydrogens is 476 g/mol. The Balaban J connectivity index is 1.65. The van der Waals surface area contributed by atoms with E-state index in [1.165, 1.54) is 46.8 Å². The van der Waals surface area contributed by atoms with Crippen LogP contribution in [0.1, 0.15) is 16.2 Å². The number of ether oxygens (including phenoxy) is 1. The van der Waals surface area contributed by atoms with Gasteiger partial charge in [0.05, 0.1) is 17.1 Å². The molecule has 0 atom stereocenters. The topological polar surface area (TPSA) is 94.8 Å². The standard InChI is InChI=1S/C21H14F4N6O2S/c22-15-4-1-2-5-16(15)28-19(32)18-17(12-34-20-26-10-3-11-27-20)31(30-29-18)13-6-8-14(9-7-13)33-21(23,24)25/h1-11H,12H2,(H,28,32). The molecule has 4 aromatic rings. The van der Waals surface area contributed by atoms with Gasteiger partial charge in [0.1, 0.15) is 11.6 Å². The average Bonchev–Trinajstić information content (AvgIpc) is 3.23. The third-order valence-electron chi connectivity index (χ3n) is 4.30. The van der Waals surface area contributed by atoms with Gasteiger partial charge in [0.25, 0.3) is 5.91 Å². The summed E-state index contributed by atoms with van der Waals surface area (Å²) in [6.07, 6.45) is -1.73. The summed E-state index contributed by atoms with van der Waals surface area (Å²) in [5, 5.41) is 10.8. The number of carbonyl (C=O) groups excluding carboxylic acids is 1. The first-order valence-corrected chi connectivity index (χ1v) is 10.6. The van der Waals surface area contributed by atoms with Crippen molar-refractivity contribution in [3.05, 3.63) is 84.2 Å². The number of hydrogen-bond donors (Lipinski definition) is 1. The van der Waals surface area contributed by atoms with E-state index in [4.69, 9.17) is 0 Å². The Labute approximate surface area is 194 Å². The Morgan fingerprint density at radius 1 is 1.03 bits per heavy atom. The third-order valence-corrected chi connectivity index (χ3v) is 5.18. The van der Waals surface area contributed by atoms with E-state index in [9.17, 15) is 22.4 Å². The van der Waals surface area contributed by atoms with Crippen LogP contribution in [0.15, 0.2) is 72.1 Å². The quantitative estimate of drug-likeness (QED) is 0.229. The first-order chi connectivity index (χ1) is 16.3. The van der Waals surface area contributed by atoms with Crippen molar-refractivity contribution in [2.24, 2.45) is 0 Å². The van der Waals surface area contributed by atoms with Crippen LogP contribution >= 0.6 is 11.8 Å². The molecule has 0 fully saturated rings. The summed E-state index contributed by atoms with van der Waals surface area (Å²) in [5.41, 5.74) is 0.496. The summed E-state index contributed by atoms with van der Waals surface area (Å²) in [6, 6.07) is 12.2. The van der Waals surface area contributed by atoms with Gasteiger partial charge in [0, 0.05) is 18.1 Å². The SMILES string of the molecule is O=C(Nc1ccccc1F)c1nnn(-c2ccc(OC(F)(F)F)cc2)c1CSc1ncccn1. The lowest BCUT2D eigenvalue weighted by Crippen LogP contribution is -2.17. The number of halogens is 4. The smallest absolute Gasteiger partial charge is 0.406 e. The van der Waals surface area contributed by atoms with Gasteiger partial charge in [0.2, 0.25) is 0 Å². The third kappa shape index (κ3) is 5.67. The maximum atomic E-state index is 14.0. The van der Waals surface area contributed by atoms with E-state index in [1.807, 2.05) is 0 Å². The molecule has 0 saturated carbocycles. The number of benzene rings is 2. The van der Waals surface area contributed by atoms with Gasteiger partial charge in [-0.25, -0.2) is 19.0 Å². The van der Waals surface area contributed by atoms with Crippen molar-refractivity contribution in [3.63, 3.8) is 0 Å². The van der Waals surface area contributed by atoms with Crippen LogP contribution < -0.4 is 10.1 Å². The number of carbonyl (C=O) groups is 1. The van der Waals surface area contributed by atoms with Crippen LogP contribution in [0, 0.1) is 5.82 Å². The molecule has 0 spiro atoms. The van der Waals surface area contributed by atoms with Gasteiger partial charge in [0.15, 0.2) is 10.9 Å². The number of amides is 1. The van der Waals surface area contributed by atoms with E-state index in [0.717, 1.165) is 12.1 Å². The van der Waals surface area contributed by atoms with Gasteiger partial charge in [-0.2, -0.15) is 0 Å². The number of nitrogens with zero attached hydrogens (tertiary/aromatic N) is 5. The second kappa shape index (κ2) is 9.87. The highest BCUT2D eigenvalue weighted by Gasteiger charge is 2.31. The van der Waals surface area contributed by atoms with Crippen molar-refractivity contribution in [1.29, 1.82) is 0 Å². The van der Waals surface area contributed by atoms with Gasteiger partial charge in [-0.05, 0) is 42.5 Å². The fourth-order valence-electron chi connectivity index (χ4n) is 2.84. The lowest BCUT2D eigenvalue weighted by Gasteiger charge is -2.11. The second-order valence-electron chi connectivity index (χ2n) is 6.59. The molecule has 2 aromatic heterocycles. The van der Waals surface area contributed by atoms with Crippen molar-refractivity contribution in [3.8, 4) is 11.4 Å². The van der Waals surface area contributed by atoms with Gasteiger partial charge < -0.3 is 10.1 Å². The Kier molecular flexibility index (Phi) is 6.72. The molecule has 0 unspecified atom stereocenters. The summed E-state index contributed by atoms with van der Waals surface area (Å²) in [4.78, 5) is 21.1. The van der Waals surface area contributed by atoms with Crippen LogP contribution in [0.4, 0.5) is 23.2 Å². The van der Waals surface area contributed by atoms with Crippen molar-refractivity contribution < 1.29 is 27.1 Å². The van der Waals surface area contributed by atoms with Crippen LogP contribution in [0.2, 0.25) is 0 Å². The Morgan fingerprint density at radius 2 is 1.74 bits per heavy atom. The van der Waals surface area contributed by atoms with Crippen LogP contribution in [0.25, 0.3) is 5.69 Å². The predicted molar refractivity (Wildman–Crippen MR) is 114 cm³/mol. The fraction of sp³-hybridized carbons (Fsp3) is 0.0952. The number of nitrogens with one attached hydrogen (secondary N) is 1. The minimum Gasteiger partial charge on any atom is -0.406 e. The molecule has 1 amide bonds. The van der Waals surface area contributed by atoms with Crippen molar-refractivity contribution in [2.45, 2.75) is 17.3 Å². The van der Waals surface area contributed by atoms with Crippen molar-refractivity contribution in [2.75, 3.05) is 5.32 Å². The average molecular weight is 490 g/mol. The molecule has 1 N–H and O–H groups in total. The molecule has 0 aliphatic heterocycles. The molecule has 13 heteroatoms. The summed E-state index contributed by atoms with van der Waals surface area (Å²) >= 11 is 1.19. The number of para-hydroxylation sites is 1. The number of alkyl halides is 3. The van der Waals surface area contributed by atoms with E-state index >= 15 is 0 Å². The van der Waals surface area contributed by atoms with Gasteiger partial charge in [-0.15, -0.1) is 18.3 Å². The largest absolute Gasteiger partial charge is 0.573 e. The Hall–Kier alpha value is -4.00. The molecule has 4 rings (SSSR count). The molecule has 174 valence electrons. The molecule has 34 heavy (non-hydrogen) atoms. The number of anilines is 1. The molecule has 0 aliphatic carbocycles.